The van der Waals surface area contributed by atoms with Gasteiger partial charge in [0, 0.05) is 13.1 Å². The lowest BCUT2D eigenvalue weighted by atomic mass is 9.92. The van der Waals surface area contributed by atoms with E-state index in [4.69, 9.17) is 0 Å². The van der Waals surface area contributed by atoms with Gasteiger partial charge in [0.25, 0.3) is 0 Å². The number of rotatable bonds is 10. The highest BCUT2D eigenvalue weighted by molar-refractivity contribution is 4.75. The molecule has 2 nitrogen and oxygen atoms in total. The lowest BCUT2D eigenvalue weighted by Crippen LogP contribution is -2.39. The van der Waals surface area contributed by atoms with Gasteiger partial charge in [-0.05, 0) is 38.4 Å². The van der Waals surface area contributed by atoms with Gasteiger partial charge in [-0.3, -0.25) is 0 Å². The Morgan fingerprint density at radius 2 is 1.75 bits per heavy atom. The predicted octanol–water partition coefficient (Wildman–Crippen LogP) is 3.13. The SMILES string of the molecule is CCCCCN(C)CC(C)(C)CNCCC. The predicted molar refractivity (Wildman–Crippen MR) is 74.0 cm³/mol. The van der Waals surface area contributed by atoms with Crippen LogP contribution in [0.4, 0.5) is 0 Å². The molecule has 0 rings (SSSR count). The molecule has 0 unspecified atom stereocenters. The summed E-state index contributed by atoms with van der Waals surface area (Å²) < 4.78 is 0. The topological polar surface area (TPSA) is 15.3 Å². The number of hydrogen-bond acceptors (Lipinski definition) is 2. The fourth-order valence-corrected chi connectivity index (χ4v) is 2.10. The van der Waals surface area contributed by atoms with E-state index in [1.54, 1.807) is 0 Å². The Bertz CT molecular complexity index is 155. The molecule has 0 saturated heterocycles. The Kier molecular flexibility index (Phi) is 8.96. The molecule has 0 atom stereocenters. The van der Waals surface area contributed by atoms with Crippen molar-refractivity contribution in [3.63, 3.8) is 0 Å². The summed E-state index contributed by atoms with van der Waals surface area (Å²) >= 11 is 0. The van der Waals surface area contributed by atoms with Gasteiger partial charge in [0.15, 0.2) is 0 Å². The molecule has 0 aromatic heterocycles. The van der Waals surface area contributed by atoms with Gasteiger partial charge in [0.2, 0.25) is 0 Å². The van der Waals surface area contributed by atoms with Crippen LogP contribution in [-0.4, -0.2) is 38.1 Å². The van der Waals surface area contributed by atoms with Gasteiger partial charge in [-0.15, -0.1) is 0 Å². The van der Waals surface area contributed by atoms with Gasteiger partial charge in [-0.2, -0.15) is 0 Å². The smallest absolute Gasteiger partial charge is 0.00418 e. The molecule has 0 radical (unpaired) electrons. The van der Waals surface area contributed by atoms with Crippen molar-refractivity contribution < 1.29 is 0 Å². The highest BCUT2D eigenvalue weighted by atomic mass is 15.1. The molecule has 16 heavy (non-hydrogen) atoms. The summed E-state index contributed by atoms with van der Waals surface area (Å²) in [5, 5.41) is 3.52. The van der Waals surface area contributed by atoms with E-state index in [0.29, 0.717) is 5.41 Å². The maximum atomic E-state index is 3.52. The molecule has 0 fully saturated rings. The molecular weight excluding hydrogens is 196 g/mol. The molecule has 0 aliphatic heterocycles. The number of unbranched alkanes of at least 4 members (excludes halogenated alkanes) is 2. The van der Waals surface area contributed by atoms with Gasteiger partial charge in [-0.25, -0.2) is 0 Å². The largest absolute Gasteiger partial charge is 0.316 e. The first-order valence-electron chi connectivity index (χ1n) is 6.91. The van der Waals surface area contributed by atoms with Crippen molar-refractivity contribution in [2.45, 2.75) is 53.4 Å². The average Bonchev–Trinajstić information content (AvgIpc) is 2.17. The summed E-state index contributed by atoms with van der Waals surface area (Å²) in [4.78, 5) is 2.48. The van der Waals surface area contributed by atoms with Crippen LogP contribution in [0.15, 0.2) is 0 Å². The normalized spacial score (nSPS) is 12.4. The molecule has 0 amide bonds. The molecule has 0 aliphatic rings. The van der Waals surface area contributed by atoms with Crippen molar-refractivity contribution in [2.24, 2.45) is 5.41 Å². The van der Waals surface area contributed by atoms with Crippen molar-refractivity contribution in [2.75, 3.05) is 33.2 Å². The van der Waals surface area contributed by atoms with Gasteiger partial charge >= 0.3 is 0 Å². The zero-order valence-electron chi connectivity index (χ0n) is 12.1. The third-order valence-corrected chi connectivity index (χ3v) is 2.87. The second-order valence-corrected chi connectivity index (χ2v) is 5.79. The highest BCUT2D eigenvalue weighted by Gasteiger charge is 2.19. The Labute approximate surface area is 103 Å². The fourth-order valence-electron chi connectivity index (χ4n) is 2.10. The standard InChI is InChI=1S/C14H32N2/c1-6-8-9-11-16(5)13-14(3,4)12-15-10-7-2/h15H,6-13H2,1-5H3. The van der Waals surface area contributed by atoms with Crippen molar-refractivity contribution >= 4 is 0 Å². The molecule has 0 aliphatic carbocycles. The van der Waals surface area contributed by atoms with E-state index in [-0.39, 0.29) is 0 Å². The zero-order chi connectivity index (χ0) is 12.4. The Balaban J connectivity index is 3.67. The quantitative estimate of drug-likeness (QED) is 0.578. The van der Waals surface area contributed by atoms with Crippen LogP contribution in [0.25, 0.3) is 0 Å². The van der Waals surface area contributed by atoms with Crippen molar-refractivity contribution in [3.8, 4) is 0 Å². The van der Waals surface area contributed by atoms with Crippen LogP contribution in [-0.2, 0) is 0 Å². The molecule has 0 saturated carbocycles. The van der Waals surface area contributed by atoms with Crippen LogP contribution < -0.4 is 5.32 Å². The van der Waals surface area contributed by atoms with E-state index in [0.717, 1.165) is 13.1 Å². The van der Waals surface area contributed by atoms with E-state index < -0.39 is 0 Å². The third-order valence-electron chi connectivity index (χ3n) is 2.87. The molecule has 1 N–H and O–H groups in total. The van der Waals surface area contributed by atoms with E-state index in [1.807, 2.05) is 0 Å². The summed E-state index contributed by atoms with van der Waals surface area (Å²) in [6.45, 7) is 13.9. The van der Waals surface area contributed by atoms with Crippen LogP contribution in [0.1, 0.15) is 53.4 Å². The second-order valence-electron chi connectivity index (χ2n) is 5.79. The van der Waals surface area contributed by atoms with Crippen molar-refractivity contribution in [1.29, 1.82) is 0 Å². The van der Waals surface area contributed by atoms with Crippen LogP contribution in [0.5, 0.6) is 0 Å². The number of nitrogens with zero attached hydrogens (tertiary/aromatic N) is 1. The Morgan fingerprint density at radius 3 is 2.31 bits per heavy atom. The van der Waals surface area contributed by atoms with Crippen LogP contribution in [0.2, 0.25) is 0 Å². The Hall–Kier alpha value is -0.0800. The summed E-state index contributed by atoms with van der Waals surface area (Å²) in [5.41, 5.74) is 0.385. The first-order chi connectivity index (χ1) is 7.52. The summed E-state index contributed by atoms with van der Waals surface area (Å²) in [6.07, 6.45) is 5.24. The van der Waals surface area contributed by atoms with Gasteiger partial charge in [0.05, 0.1) is 0 Å². The number of hydrogen-bond donors (Lipinski definition) is 1. The number of nitrogens with one attached hydrogen (secondary N) is 1. The van der Waals surface area contributed by atoms with Gasteiger partial charge in [-0.1, -0.05) is 40.5 Å². The lowest BCUT2D eigenvalue weighted by molar-refractivity contribution is 0.202. The molecule has 0 aromatic carbocycles. The minimum Gasteiger partial charge on any atom is -0.316 e. The Morgan fingerprint density at radius 1 is 1.06 bits per heavy atom. The molecule has 0 heterocycles. The van der Waals surface area contributed by atoms with Crippen LogP contribution >= 0.6 is 0 Å². The summed E-state index contributed by atoms with van der Waals surface area (Å²) in [5.74, 6) is 0. The molecule has 0 aromatic rings. The van der Waals surface area contributed by atoms with Crippen LogP contribution in [0, 0.1) is 5.41 Å². The molecule has 0 spiro atoms. The van der Waals surface area contributed by atoms with E-state index in [1.165, 1.54) is 38.8 Å². The van der Waals surface area contributed by atoms with Crippen molar-refractivity contribution in [3.05, 3.63) is 0 Å². The highest BCUT2D eigenvalue weighted by Crippen LogP contribution is 2.15. The molecular formula is C14H32N2. The average molecular weight is 228 g/mol. The van der Waals surface area contributed by atoms with Crippen LogP contribution in [0.3, 0.4) is 0 Å². The molecule has 0 bridgehead atoms. The minimum absolute atomic E-state index is 0.385. The lowest BCUT2D eigenvalue weighted by Gasteiger charge is -2.30. The van der Waals surface area contributed by atoms with Crippen molar-refractivity contribution in [1.82, 2.24) is 10.2 Å². The first kappa shape index (κ1) is 15.9. The van der Waals surface area contributed by atoms with E-state index >= 15 is 0 Å². The first-order valence-corrected chi connectivity index (χ1v) is 6.91. The monoisotopic (exact) mass is 228 g/mol. The summed E-state index contributed by atoms with van der Waals surface area (Å²) in [6, 6.07) is 0. The van der Waals surface area contributed by atoms with E-state index in [2.05, 4.69) is 45.0 Å². The molecule has 2 heteroatoms. The van der Waals surface area contributed by atoms with Gasteiger partial charge in [0.1, 0.15) is 0 Å². The third kappa shape index (κ3) is 9.17. The van der Waals surface area contributed by atoms with Gasteiger partial charge < -0.3 is 10.2 Å². The summed E-state index contributed by atoms with van der Waals surface area (Å²) in [7, 11) is 2.25. The second kappa shape index (κ2) is 9.00. The zero-order valence-corrected chi connectivity index (χ0v) is 12.1. The molecule has 98 valence electrons. The maximum Gasteiger partial charge on any atom is 0.00418 e. The minimum atomic E-state index is 0.385. The maximum absolute atomic E-state index is 3.52. The van der Waals surface area contributed by atoms with E-state index in [9.17, 15) is 0 Å². The fraction of sp³-hybridized carbons (Fsp3) is 1.00.